The van der Waals surface area contributed by atoms with Crippen LogP contribution in [0.1, 0.15) is 37.7 Å². The fraction of sp³-hybridized carbons (Fsp3) is 0.478. The van der Waals surface area contributed by atoms with Crippen LogP contribution in [-0.4, -0.2) is 48.9 Å². The number of amides is 1. The highest BCUT2D eigenvalue weighted by Gasteiger charge is 2.51. The third kappa shape index (κ3) is 3.95. The molecule has 2 fully saturated rings. The number of rotatable bonds is 5. The highest BCUT2D eigenvalue weighted by molar-refractivity contribution is 7.89. The maximum atomic E-state index is 13.8. The number of hydrogen-bond donors (Lipinski definition) is 1. The summed E-state index contributed by atoms with van der Waals surface area (Å²) >= 11 is 0. The number of aromatic nitrogens is 1. The highest BCUT2D eigenvalue weighted by atomic mass is 32.2. The van der Waals surface area contributed by atoms with Crippen LogP contribution < -0.4 is 14.8 Å². The van der Waals surface area contributed by atoms with Gasteiger partial charge in [-0.05, 0) is 55.0 Å². The second-order valence-electron chi connectivity index (χ2n) is 8.58. The van der Waals surface area contributed by atoms with E-state index in [1.807, 2.05) is 12.1 Å². The van der Waals surface area contributed by atoms with Crippen LogP contribution in [0.5, 0.6) is 11.5 Å². The Labute approximate surface area is 188 Å². The van der Waals surface area contributed by atoms with Crippen LogP contribution in [0.4, 0.5) is 0 Å². The van der Waals surface area contributed by atoms with Gasteiger partial charge in [0.15, 0.2) is 11.5 Å². The number of carbonyl (C=O) groups excluding carboxylic acids is 1. The van der Waals surface area contributed by atoms with E-state index in [-0.39, 0.29) is 22.8 Å². The average Bonchev–Trinajstić information content (AvgIpc) is 3.23. The molecule has 3 heterocycles. The van der Waals surface area contributed by atoms with Gasteiger partial charge in [0.1, 0.15) is 19.3 Å². The van der Waals surface area contributed by atoms with Gasteiger partial charge < -0.3 is 14.8 Å². The predicted molar refractivity (Wildman–Crippen MR) is 117 cm³/mol. The van der Waals surface area contributed by atoms with Crippen molar-refractivity contribution in [2.24, 2.45) is 5.92 Å². The van der Waals surface area contributed by atoms with E-state index < -0.39 is 16.1 Å². The lowest BCUT2D eigenvalue weighted by Gasteiger charge is -2.33. The Balaban J connectivity index is 1.43. The van der Waals surface area contributed by atoms with Crippen LogP contribution in [0.3, 0.4) is 0 Å². The number of nitrogens with zero attached hydrogens (tertiary/aromatic N) is 2. The summed E-state index contributed by atoms with van der Waals surface area (Å²) in [4.78, 5) is 17.3. The first-order chi connectivity index (χ1) is 15.5. The summed E-state index contributed by atoms with van der Waals surface area (Å²) in [5, 5.41) is 2.94. The van der Waals surface area contributed by atoms with Crippen molar-refractivity contribution >= 4 is 15.9 Å². The minimum Gasteiger partial charge on any atom is -0.486 e. The van der Waals surface area contributed by atoms with Crippen molar-refractivity contribution in [3.63, 3.8) is 0 Å². The number of fused-ring (bicyclic) bond motifs is 2. The highest BCUT2D eigenvalue weighted by Crippen LogP contribution is 2.43. The lowest BCUT2D eigenvalue weighted by Crippen LogP contribution is -2.49. The Kier molecular flexibility index (Phi) is 5.77. The van der Waals surface area contributed by atoms with Crippen molar-refractivity contribution in [3.8, 4) is 11.5 Å². The average molecular weight is 458 g/mol. The largest absolute Gasteiger partial charge is 0.486 e. The summed E-state index contributed by atoms with van der Waals surface area (Å²) in [5.74, 6) is 0.916. The molecule has 2 aliphatic heterocycles. The molecule has 0 spiro atoms. The van der Waals surface area contributed by atoms with Gasteiger partial charge in [-0.2, -0.15) is 4.31 Å². The molecule has 5 rings (SSSR count). The van der Waals surface area contributed by atoms with Crippen LogP contribution in [0.25, 0.3) is 0 Å². The first-order valence-corrected chi connectivity index (χ1v) is 12.6. The SMILES string of the molecule is O=C(NCc1ccncc1)[C@@H]1C[C@H]2CCCC[C@@H]2N1S(=O)(=O)c1ccc2c(c1)OCCO2. The molecule has 1 aromatic heterocycles. The zero-order valence-corrected chi connectivity index (χ0v) is 18.6. The van der Waals surface area contributed by atoms with Gasteiger partial charge >= 0.3 is 0 Å². The van der Waals surface area contributed by atoms with Crippen molar-refractivity contribution in [1.82, 2.24) is 14.6 Å². The molecule has 1 aliphatic carbocycles. The van der Waals surface area contributed by atoms with Crippen LogP contribution in [0.2, 0.25) is 0 Å². The van der Waals surface area contributed by atoms with Crippen LogP contribution >= 0.6 is 0 Å². The normalized spacial score (nSPS) is 25.2. The van der Waals surface area contributed by atoms with E-state index in [9.17, 15) is 13.2 Å². The maximum absolute atomic E-state index is 13.8. The minimum atomic E-state index is -3.89. The Morgan fingerprint density at radius 2 is 1.81 bits per heavy atom. The molecule has 8 nitrogen and oxygen atoms in total. The van der Waals surface area contributed by atoms with E-state index in [0.29, 0.717) is 37.7 Å². The van der Waals surface area contributed by atoms with E-state index in [2.05, 4.69) is 10.3 Å². The molecule has 1 amide bonds. The van der Waals surface area contributed by atoms with Crippen LogP contribution in [-0.2, 0) is 21.4 Å². The van der Waals surface area contributed by atoms with Crippen molar-refractivity contribution in [1.29, 1.82) is 0 Å². The number of pyridine rings is 1. The van der Waals surface area contributed by atoms with Gasteiger partial charge in [0, 0.05) is 31.0 Å². The molecular formula is C23H27N3O5S. The molecule has 1 saturated carbocycles. The third-order valence-electron chi connectivity index (χ3n) is 6.64. The van der Waals surface area contributed by atoms with Crippen molar-refractivity contribution in [2.75, 3.05) is 13.2 Å². The summed E-state index contributed by atoms with van der Waals surface area (Å²) in [7, 11) is -3.89. The monoisotopic (exact) mass is 457 g/mol. The molecule has 32 heavy (non-hydrogen) atoms. The topological polar surface area (TPSA) is 97.8 Å². The molecule has 0 bridgehead atoms. The van der Waals surface area contributed by atoms with Gasteiger partial charge in [-0.3, -0.25) is 9.78 Å². The van der Waals surface area contributed by atoms with Crippen LogP contribution in [0, 0.1) is 5.92 Å². The van der Waals surface area contributed by atoms with Gasteiger partial charge in [0.05, 0.1) is 4.90 Å². The lowest BCUT2D eigenvalue weighted by atomic mass is 9.85. The van der Waals surface area contributed by atoms with E-state index in [1.165, 1.54) is 10.4 Å². The molecule has 1 N–H and O–H groups in total. The lowest BCUT2D eigenvalue weighted by molar-refractivity contribution is -0.124. The van der Waals surface area contributed by atoms with Crippen LogP contribution in [0.15, 0.2) is 47.6 Å². The Bertz CT molecular complexity index is 1090. The van der Waals surface area contributed by atoms with Crippen molar-refractivity contribution in [2.45, 2.75) is 55.6 Å². The second-order valence-corrected chi connectivity index (χ2v) is 10.4. The summed E-state index contributed by atoms with van der Waals surface area (Å²) in [5.41, 5.74) is 0.921. The van der Waals surface area contributed by atoms with Gasteiger partial charge in [-0.1, -0.05) is 12.8 Å². The number of hydrogen-bond acceptors (Lipinski definition) is 6. The molecule has 1 saturated heterocycles. The molecule has 2 aromatic rings. The van der Waals surface area contributed by atoms with Crippen molar-refractivity contribution in [3.05, 3.63) is 48.3 Å². The summed E-state index contributed by atoms with van der Waals surface area (Å²) < 4.78 is 40.2. The number of ether oxygens (including phenoxy) is 2. The molecule has 0 unspecified atom stereocenters. The molecule has 3 aliphatic rings. The molecule has 1 aromatic carbocycles. The first kappa shape index (κ1) is 21.2. The van der Waals surface area contributed by atoms with E-state index in [0.717, 1.165) is 31.2 Å². The standard InChI is InChI=1S/C23H27N3O5S/c27-23(25-15-16-7-9-24-10-8-16)20-13-17-3-1-2-4-19(17)26(20)32(28,29)18-5-6-21-22(14-18)31-12-11-30-21/h5-10,14,17,19-20H,1-4,11-13,15H2,(H,25,27)/t17-,19+,20+/m1/s1. The smallest absolute Gasteiger partial charge is 0.244 e. The van der Waals surface area contributed by atoms with Crippen molar-refractivity contribution < 1.29 is 22.7 Å². The third-order valence-corrected chi connectivity index (χ3v) is 8.57. The molecule has 9 heteroatoms. The van der Waals surface area contributed by atoms with Gasteiger partial charge in [-0.25, -0.2) is 8.42 Å². The number of carbonyl (C=O) groups is 1. The maximum Gasteiger partial charge on any atom is 0.244 e. The molecule has 3 atom stereocenters. The van der Waals surface area contributed by atoms with Gasteiger partial charge in [-0.15, -0.1) is 0 Å². The summed E-state index contributed by atoms with van der Waals surface area (Å²) in [6.07, 6.45) is 7.67. The zero-order chi connectivity index (χ0) is 22.1. The van der Waals surface area contributed by atoms with Gasteiger partial charge in [0.2, 0.25) is 15.9 Å². The minimum absolute atomic E-state index is 0.139. The fourth-order valence-electron chi connectivity index (χ4n) is 5.10. The molecule has 170 valence electrons. The van der Waals surface area contributed by atoms with E-state index >= 15 is 0 Å². The zero-order valence-electron chi connectivity index (χ0n) is 17.8. The summed E-state index contributed by atoms with van der Waals surface area (Å²) in [6, 6.07) is 7.49. The summed E-state index contributed by atoms with van der Waals surface area (Å²) in [6.45, 7) is 1.16. The number of sulfonamides is 1. The number of nitrogens with one attached hydrogen (secondary N) is 1. The first-order valence-electron chi connectivity index (χ1n) is 11.1. The Hall–Kier alpha value is -2.65. The molecule has 0 radical (unpaired) electrons. The number of benzene rings is 1. The molecular weight excluding hydrogens is 430 g/mol. The quantitative estimate of drug-likeness (QED) is 0.741. The second kappa shape index (κ2) is 8.71. The predicted octanol–water partition coefficient (Wildman–Crippen LogP) is 2.49. The van der Waals surface area contributed by atoms with E-state index in [4.69, 9.17) is 9.47 Å². The Morgan fingerprint density at radius 1 is 1.06 bits per heavy atom. The van der Waals surface area contributed by atoms with Gasteiger partial charge in [0.25, 0.3) is 0 Å². The fourth-order valence-corrected chi connectivity index (χ4v) is 6.99. The van der Waals surface area contributed by atoms with E-state index in [1.54, 1.807) is 24.5 Å². The Morgan fingerprint density at radius 3 is 2.62 bits per heavy atom.